The molecule has 78 heavy (non-hydrogen) atoms. The molecule has 5 N–H and O–H groups in total. The molecule has 0 saturated heterocycles. The van der Waals surface area contributed by atoms with E-state index in [2.05, 4.69) is 54.4 Å². The van der Waals surface area contributed by atoms with Crippen molar-refractivity contribution in [1.29, 1.82) is 0 Å². The first-order valence-electron chi connectivity index (χ1n) is 25.5. The van der Waals surface area contributed by atoms with E-state index in [1.54, 1.807) is 39.4 Å². The molecule has 0 aliphatic carbocycles. The molecule has 3 amide bonds. The van der Waals surface area contributed by atoms with E-state index in [4.69, 9.17) is 23.9 Å². The van der Waals surface area contributed by atoms with Crippen LogP contribution in [0.1, 0.15) is 68.7 Å². The van der Waals surface area contributed by atoms with Crippen LogP contribution in [0.3, 0.4) is 0 Å². The number of methoxy groups -OCH3 is 3. The zero-order chi connectivity index (χ0) is 56.0. The molecule has 2 atom stereocenters. The molecule has 5 aromatic rings. The van der Waals surface area contributed by atoms with Gasteiger partial charge >= 0.3 is 5.97 Å². The predicted molar refractivity (Wildman–Crippen MR) is 298 cm³/mol. The fourth-order valence-electron chi connectivity index (χ4n) is 9.01. The Morgan fingerprint density at radius 1 is 0.744 bits per heavy atom. The van der Waals surface area contributed by atoms with Crippen molar-refractivity contribution in [3.05, 3.63) is 124 Å². The minimum absolute atomic E-state index is 0.0103. The van der Waals surface area contributed by atoms with Gasteiger partial charge in [-0.3, -0.25) is 29.0 Å². The third kappa shape index (κ3) is 15.7. The Labute approximate surface area is 454 Å². The first-order valence-corrected chi connectivity index (χ1v) is 25.5. The second kappa shape index (κ2) is 29.6. The standard InChI is InChI=1S/C46H46N6O7.C7H12O3.C5H10N2O2/c1-47-24-45(54)50-33-14-28(26-58-43-20-37(32(25-53)18-41(43)56-3)48-22-34-16-30-9-5-7-11-39(30)51(34)2)13-29(15-33)27-59-44-21-38-36(19-42(44)57-4)46(55)52-35(23-49-38)17-31-10-6-8-12-40(31)52;1-10-7(9)5-3-2-4-6-8;1-6-4-5(9)7-2-3-8/h5-15,18-22,25,34-35,47,49H,16-17,23-24,26-27H2,1-4H3,(H,50,54);6H,2-5H2,1H3;3,6H,2,4H2,1H3,(H,7,9)/t34-,35?;;/m0../s1. The lowest BCUT2D eigenvalue weighted by atomic mass is 10.1. The van der Waals surface area contributed by atoms with Crippen LogP contribution in [0.5, 0.6) is 23.0 Å². The number of para-hydroxylation sites is 2. The summed E-state index contributed by atoms with van der Waals surface area (Å²) in [6, 6.07) is 28.7. The number of hydrogen-bond acceptors (Lipinski definition) is 17. The third-order valence-electron chi connectivity index (χ3n) is 12.8. The number of carbonyl (C=O) groups excluding carboxylic acids is 7. The number of fused-ring (bicyclic) bond motifs is 5. The Kier molecular flexibility index (Phi) is 22.3. The highest BCUT2D eigenvalue weighted by Crippen LogP contribution is 2.41. The van der Waals surface area contributed by atoms with E-state index in [-0.39, 0.29) is 68.6 Å². The lowest BCUT2D eigenvalue weighted by Gasteiger charge is -2.22. The van der Waals surface area contributed by atoms with E-state index in [0.717, 1.165) is 66.3 Å². The summed E-state index contributed by atoms with van der Waals surface area (Å²) < 4.78 is 28.5. The molecule has 0 fully saturated rings. The first kappa shape index (κ1) is 58.6. The molecule has 3 heterocycles. The van der Waals surface area contributed by atoms with Gasteiger partial charge in [-0.15, -0.1) is 0 Å². The van der Waals surface area contributed by atoms with Crippen molar-refractivity contribution in [2.45, 2.75) is 63.8 Å². The van der Waals surface area contributed by atoms with Crippen LogP contribution < -0.4 is 55.3 Å². The molecule has 1 unspecified atom stereocenters. The number of aliphatic imine (C=N–C) groups is 1. The van der Waals surface area contributed by atoms with Crippen molar-refractivity contribution in [1.82, 2.24) is 16.0 Å². The van der Waals surface area contributed by atoms with Gasteiger partial charge in [0.05, 0.1) is 70.0 Å². The molecule has 8 rings (SSSR count). The molecule has 20 heteroatoms. The van der Waals surface area contributed by atoms with E-state index < -0.39 is 0 Å². The predicted octanol–water partition coefficient (Wildman–Crippen LogP) is 6.03. The van der Waals surface area contributed by atoms with Crippen LogP contribution in [-0.4, -0.2) is 129 Å². The summed E-state index contributed by atoms with van der Waals surface area (Å²) in [5.41, 5.74) is 8.53. The number of nitrogens with one attached hydrogen (secondary N) is 5. The second-order valence-electron chi connectivity index (χ2n) is 18.2. The van der Waals surface area contributed by atoms with Crippen LogP contribution >= 0.6 is 0 Å². The summed E-state index contributed by atoms with van der Waals surface area (Å²) in [6.45, 7) is 1.28. The quantitative estimate of drug-likeness (QED) is 0.0217. The molecule has 20 nitrogen and oxygen atoms in total. The number of likely N-dealkylation sites (N-methyl/N-ethyl adjacent to an activating group) is 3. The normalized spacial score (nSPS) is 14.5. The number of carbonyl (C=O) groups is 7. The molecular weight excluding hydrogens is 1000 g/mol. The largest absolute Gasteiger partial charge is 0.493 e. The van der Waals surface area contributed by atoms with Crippen molar-refractivity contribution in [3.63, 3.8) is 0 Å². The summed E-state index contributed by atoms with van der Waals surface area (Å²) in [6.07, 6.45) is 8.18. The molecular formula is C58H68N8O12. The number of amides is 3. The summed E-state index contributed by atoms with van der Waals surface area (Å²) >= 11 is 0. The zero-order valence-corrected chi connectivity index (χ0v) is 44.9. The number of unbranched alkanes of at least 4 members (excludes halogenated alkanes) is 2. The zero-order valence-electron chi connectivity index (χ0n) is 44.9. The van der Waals surface area contributed by atoms with Crippen molar-refractivity contribution >= 4 is 77.2 Å². The summed E-state index contributed by atoms with van der Waals surface area (Å²) in [7, 11) is 9.83. The topological polar surface area (TPSA) is 245 Å². The monoisotopic (exact) mass is 1070 g/mol. The smallest absolute Gasteiger partial charge is 0.305 e. The maximum absolute atomic E-state index is 13.9. The second-order valence-corrected chi connectivity index (χ2v) is 18.2. The van der Waals surface area contributed by atoms with Gasteiger partial charge in [0.15, 0.2) is 29.3 Å². The van der Waals surface area contributed by atoms with E-state index in [1.165, 1.54) is 19.8 Å². The van der Waals surface area contributed by atoms with Gasteiger partial charge in [0.25, 0.3) is 5.91 Å². The third-order valence-corrected chi connectivity index (χ3v) is 12.8. The maximum Gasteiger partial charge on any atom is 0.305 e. The number of aldehydes is 3. The lowest BCUT2D eigenvalue weighted by Crippen LogP contribution is -2.39. The number of benzene rings is 5. The average Bonchev–Trinajstić information content (AvgIpc) is 3.95. The number of rotatable bonds is 23. The van der Waals surface area contributed by atoms with Crippen LogP contribution in [0, 0.1) is 0 Å². The molecule has 0 saturated carbocycles. The van der Waals surface area contributed by atoms with Crippen LogP contribution in [0.4, 0.5) is 28.4 Å². The Hall–Kier alpha value is -8.62. The first-order chi connectivity index (χ1) is 37.9. The number of ether oxygens (including phenoxy) is 5. The van der Waals surface area contributed by atoms with Gasteiger partial charge in [0.2, 0.25) is 11.8 Å². The van der Waals surface area contributed by atoms with Crippen molar-refractivity contribution in [2.24, 2.45) is 4.99 Å². The number of anilines is 4. The van der Waals surface area contributed by atoms with Gasteiger partial charge < -0.3 is 69.7 Å². The van der Waals surface area contributed by atoms with Gasteiger partial charge in [0, 0.05) is 67.4 Å². The summed E-state index contributed by atoms with van der Waals surface area (Å²) in [5, 5.41) is 14.3. The van der Waals surface area contributed by atoms with E-state index >= 15 is 0 Å². The maximum atomic E-state index is 13.9. The highest BCUT2D eigenvalue weighted by molar-refractivity contribution is 6.12. The van der Waals surface area contributed by atoms with Gasteiger partial charge in [-0.25, -0.2) is 0 Å². The highest BCUT2D eigenvalue weighted by atomic mass is 16.5. The van der Waals surface area contributed by atoms with Crippen LogP contribution in [0.2, 0.25) is 0 Å². The Balaban J connectivity index is 0.000000441. The lowest BCUT2D eigenvalue weighted by molar-refractivity contribution is -0.140. The van der Waals surface area contributed by atoms with Gasteiger partial charge in [-0.2, -0.15) is 0 Å². The summed E-state index contributed by atoms with van der Waals surface area (Å²) in [5.74, 6) is 0.978. The Morgan fingerprint density at radius 2 is 1.38 bits per heavy atom. The SMILES string of the molecule is CNCC(=O)NCC=O.CNCC(=O)Nc1cc(COc2cc(N=C[C@@H]3Cc4ccccc4N3C)c(C=O)cc2OC)cc(COc2cc3c(cc2OC)C(=O)N2c4ccccc4CC2CN3)c1.COC(=O)CCCCC=O. The van der Waals surface area contributed by atoms with E-state index in [1.807, 2.05) is 72.8 Å². The number of hydrogen-bond donors (Lipinski definition) is 5. The van der Waals surface area contributed by atoms with Crippen molar-refractivity contribution in [2.75, 3.05) is 89.1 Å². The fourth-order valence-corrected chi connectivity index (χ4v) is 9.01. The molecule has 0 bridgehead atoms. The average molecular weight is 1070 g/mol. The molecule has 0 radical (unpaired) electrons. The van der Waals surface area contributed by atoms with Gasteiger partial charge in [-0.05, 0) is 104 Å². The molecule has 3 aliphatic heterocycles. The number of esters is 1. The van der Waals surface area contributed by atoms with Crippen molar-refractivity contribution < 1.29 is 57.2 Å². The van der Waals surface area contributed by atoms with Gasteiger partial charge in [0.1, 0.15) is 25.8 Å². The highest BCUT2D eigenvalue weighted by Gasteiger charge is 2.38. The molecule has 412 valence electrons. The molecule has 5 aromatic carbocycles. The fraction of sp³-hybridized carbons (Fsp3) is 0.345. The number of nitrogens with zero attached hydrogens (tertiary/aromatic N) is 3. The summed E-state index contributed by atoms with van der Waals surface area (Å²) in [4.78, 5) is 88.0. The molecule has 3 aliphatic rings. The minimum Gasteiger partial charge on any atom is -0.493 e. The van der Waals surface area contributed by atoms with E-state index in [9.17, 15) is 33.6 Å². The molecule has 0 aromatic heterocycles. The van der Waals surface area contributed by atoms with Gasteiger partial charge in [-0.1, -0.05) is 36.4 Å². The Bertz CT molecular complexity index is 2950. The molecule has 0 spiro atoms. The van der Waals surface area contributed by atoms with Crippen LogP contribution in [0.25, 0.3) is 0 Å². The van der Waals surface area contributed by atoms with Crippen LogP contribution in [0.15, 0.2) is 96.0 Å². The van der Waals surface area contributed by atoms with Crippen LogP contribution in [-0.2, 0) is 54.8 Å². The minimum atomic E-state index is -0.214. The Morgan fingerprint density at radius 3 is 2.01 bits per heavy atom. The van der Waals surface area contributed by atoms with E-state index in [0.29, 0.717) is 76.9 Å². The van der Waals surface area contributed by atoms with Crippen molar-refractivity contribution in [3.8, 4) is 23.0 Å².